The first-order valence-corrected chi connectivity index (χ1v) is 9.22. The Labute approximate surface area is 174 Å². The number of ether oxygens (including phenoxy) is 2. The molecule has 0 saturated carbocycles. The number of hydrogen-bond acceptors (Lipinski definition) is 4. The van der Waals surface area contributed by atoms with Crippen molar-refractivity contribution in [1.29, 1.82) is 5.26 Å². The third-order valence-corrected chi connectivity index (χ3v) is 4.48. The third kappa shape index (κ3) is 5.04. The average Bonchev–Trinajstić information content (AvgIpc) is 2.73. The van der Waals surface area contributed by atoms with Gasteiger partial charge in [0.2, 0.25) is 0 Å². The van der Waals surface area contributed by atoms with Crippen molar-refractivity contribution >= 4 is 29.2 Å². The van der Waals surface area contributed by atoms with Gasteiger partial charge in [0.05, 0.1) is 24.3 Å². The second kappa shape index (κ2) is 9.09. The summed E-state index contributed by atoms with van der Waals surface area (Å²) in [5.74, 6) is 0.239. The Bertz CT molecular complexity index is 1110. The predicted octanol–water partition coefficient (Wildman–Crippen LogP) is 5.94. The molecule has 0 atom stereocenters. The van der Waals surface area contributed by atoms with Crippen molar-refractivity contribution in [3.63, 3.8) is 0 Å². The SMILES string of the molecule is COc1cc(/C=C(\C#N)c2ccc(Cl)cc2)ccc1OC(=O)c1cccc(C)c1. The molecule has 0 amide bonds. The number of rotatable bonds is 5. The Morgan fingerprint density at radius 3 is 2.41 bits per heavy atom. The van der Waals surface area contributed by atoms with Crippen LogP contribution in [0.5, 0.6) is 11.5 Å². The molecule has 0 heterocycles. The number of carbonyl (C=O) groups is 1. The summed E-state index contributed by atoms with van der Waals surface area (Å²) in [6.45, 7) is 1.91. The highest BCUT2D eigenvalue weighted by molar-refractivity contribution is 6.30. The Morgan fingerprint density at radius 1 is 1.00 bits per heavy atom. The van der Waals surface area contributed by atoms with Crippen LogP contribution in [-0.4, -0.2) is 13.1 Å². The van der Waals surface area contributed by atoms with Crippen molar-refractivity contribution in [2.75, 3.05) is 7.11 Å². The van der Waals surface area contributed by atoms with E-state index in [2.05, 4.69) is 6.07 Å². The number of methoxy groups -OCH3 is 1. The molecule has 0 spiro atoms. The van der Waals surface area contributed by atoms with Crippen LogP contribution >= 0.6 is 11.6 Å². The standard InChI is InChI=1S/C24H18ClNO3/c1-16-4-3-5-19(12-16)24(27)29-22-11-6-17(14-23(22)28-2)13-20(15-26)18-7-9-21(25)10-8-18/h3-14H,1-2H3/b20-13+. The van der Waals surface area contributed by atoms with Crippen LogP contribution in [0.1, 0.15) is 27.0 Å². The molecule has 0 saturated heterocycles. The smallest absolute Gasteiger partial charge is 0.343 e. The molecular formula is C24H18ClNO3. The highest BCUT2D eigenvalue weighted by Crippen LogP contribution is 2.30. The van der Waals surface area contributed by atoms with E-state index in [1.54, 1.807) is 66.7 Å². The lowest BCUT2D eigenvalue weighted by atomic mass is 10.0. The molecule has 3 aromatic rings. The second-order valence-electron chi connectivity index (χ2n) is 6.35. The average molecular weight is 404 g/mol. The van der Waals surface area contributed by atoms with Gasteiger partial charge in [0.1, 0.15) is 0 Å². The largest absolute Gasteiger partial charge is 0.493 e. The number of allylic oxidation sites excluding steroid dienone is 1. The van der Waals surface area contributed by atoms with E-state index in [0.29, 0.717) is 27.7 Å². The zero-order valence-electron chi connectivity index (χ0n) is 16.0. The fraction of sp³-hybridized carbons (Fsp3) is 0.0833. The van der Waals surface area contributed by atoms with Crippen molar-refractivity contribution in [1.82, 2.24) is 0 Å². The summed E-state index contributed by atoms with van der Waals surface area (Å²) >= 11 is 5.91. The van der Waals surface area contributed by atoms with Gasteiger partial charge in [-0.05, 0) is 60.5 Å². The van der Waals surface area contributed by atoms with Gasteiger partial charge in [-0.25, -0.2) is 4.79 Å². The second-order valence-corrected chi connectivity index (χ2v) is 6.78. The molecule has 0 aliphatic rings. The van der Waals surface area contributed by atoms with Crippen LogP contribution in [0.25, 0.3) is 11.6 Å². The highest BCUT2D eigenvalue weighted by atomic mass is 35.5. The van der Waals surface area contributed by atoms with Crippen LogP contribution in [-0.2, 0) is 0 Å². The maximum absolute atomic E-state index is 12.4. The molecule has 144 valence electrons. The number of nitriles is 1. The van der Waals surface area contributed by atoms with Crippen LogP contribution in [0, 0.1) is 18.3 Å². The topological polar surface area (TPSA) is 59.3 Å². The summed E-state index contributed by atoms with van der Waals surface area (Å²) in [5.41, 5.74) is 3.41. The summed E-state index contributed by atoms with van der Waals surface area (Å²) in [5, 5.41) is 10.1. The number of aryl methyl sites for hydroxylation is 1. The fourth-order valence-electron chi connectivity index (χ4n) is 2.77. The summed E-state index contributed by atoms with van der Waals surface area (Å²) in [7, 11) is 1.50. The molecule has 0 aliphatic carbocycles. The Hall–Kier alpha value is -3.55. The zero-order valence-corrected chi connectivity index (χ0v) is 16.7. The van der Waals surface area contributed by atoms with Gasteiger partial charge in [0.25, 0.3) is 0 Å². The van der Waals surface area contributed by atoms with E-state index in [-0.39, 0.29) is 0 Å². The van der Waals surface area contributed by atoms with E-state index < -0.39 is 5.97 Å². The minimum Gasteiger partial charge on any atom is -0.493 e. The third-order valence-electron chi connectivity index (χ3n) is 4.23. The molecule has 0 N–H and O–H groups in total. The maximum atomic E-state index is 12.4. The lowest BCUT2D eigenvalue weighted by Crippen LogP contribution is -2.09. The maximum Gasteiger partial charge on any atom is 0.343 e. The molecule has 0 bridgehead atoms. The van der Waals surface area contributed by atoms with Crippen LogP contribution in [0.3, 0.4) is 0 Å². The Kier molecular flexibility index (Phi) is 6.33. The lowest BCUT2D eigenvalue weighted by molar-refractivity contribution is 0.0729. The number of hydrogen-bond donors (Lipinski definition) is 0. The van der Waals surface area contributed by atoms with Gasteiger partial charge >= 0.3 is 5.97 Å². The van der Waals surface area contributed by atoms with Gasteiger partial charge in [0, 0.05) is 5.02 Å². The summed E-state index contributed by atoms with van der Waals surface area (Å²) in [6, 6.07) is 21.5. The first-order valence-electron chi connectivity index (χ1n) is 8.85. The van der Waals surface area contributed by atoms with Crippen LogP contribution in [0.2, 0.25) is 5.02 Å². The van der Waals surface area contributed by atoms with Crippen LogP contribution < -0.4 is 9.47 Å². The van der Waals surface area contributed by atoms with Gasteiger partial charge in [-0.2, -0.15) is 5.26 Å². The van der Waals surface area contributed by atoms with Gasteiger partial charge in [-0.3, -0.25) is 0 Å². The Morgan fingerprint density at radius 2 is 1.76 bits per heavy atom. The molecule has 0 unspecified atom stereocenters. The molecular weight excluding hydrogens is 386 g/mol. The van der Waals surface area contributed by atoms with Gasteiger partial charge in [0.15, 0.2) is 11.5 Å². The number of halogens is 1. The molecule has 0 fully saturated rings. The Balaban J connectivity index is 1.87. The minimum atomic E-state index is -0.464. The van der Waals surface area contributed by atoms with Gasteiger partial charge in [-0.1, -0.05) is 47.5 Å². The molecule has 0 aromatic heterocycles. The normalized spacial score (nSPS) is 10.9. The fourth-order valence-corrected chi connectivity index (χ4v) is 2.89. The van der Waals surface area contributed by atoms with Crippen LogP contribution in [0.4, 0.5) is 0 Å². The molecule has 3 aromatic carbocycles. The van der Waals surface area contributed by atoms with Crippen molar-refractivity contribution < 1.29 is 14.3 Å². The van der Waals surface area contributed by atoms with Crippen molar-refractivity contribution in [2.45, 2.75) is 6.92 Å². The molecule has 29 heavy (non-hydrogen) atoms. The monoisotopic (exact) mass is 403 g/mol. The van der Waals surface area contributed by atoms with Gasteiger partial charge in [-0.15, -0.1) is 0 Å². The van der Waals surface area contributed by atoms with E-state index in [1.165, 1.54) is 7.11 Å². The van der Waals surface area contributed by atoms with E-state index in [4.69, 9.17) is 21.1 Å². The van der Waals surface area contributed by atoms with E-state index >= 15 is 0 Å². The van der Waals surface area contributed by atoms with Gasteiger partial charge < -0.3 is 9.47 Å². The van der Waals surface area contributed by atoms with Crippen molar-refractivity contribution in [3.05, 3.63) is 94.0 Å². The van der Waals surface area contributed by atoms with E-state index in [9.17, 15) is 10.1 Å². The minimum absolute atomic E-state index is 0.307. The number of carbonyl (C=O) groups excluding carboxylic acids is 1. The number of benzene rings is 3. The summed E-state index contributed by atoms with van der Waals surface area (Å²) < 4.78 is 10.9. The summed E-state index contributed by atoms with van der Waals surface area (Å²) in [4.78, 5) is 12.4. The molecule has 0 aliphatic heterocycles. The number of esters is 1. The van der Waals surface area contributed by atoms with E-state index in [0.717, 1.165) is 16.7 Å². The summed E-state index contributed by atoms with van der Waals surface area (Å²) in [6.07, 6.45) is 1.73. The zero-order chi connectivity index (χ0) is 20.8. The first kappa shape index (κ1) is 20.2. The highest BCUT2D eigenvalue weighted by Gasteiger charge is 2.13. The molecule has 3 rings (SSSR count). The predicted molar refractivity (Wildman–Crippen MR) is 114 cm³/mol. The molecule has 4 nitrogen and oxygen atoms in total. The first-order chi connectivity index (χ1) is 14.0. The van der Waals surface area contributed by atoms with E-state index in [1.807, 2.05) is 13.0 Å². The van der Waals surface area contributed by atoms with Crippen molar-refractivity contribution in [3.8, 4) is 17.6 Å². The molecule has 0 radical (unpaired) electrons. The van der Waals surface area contributed by atoms with Crippen molar-refractivity contribution in [2.24, 2.45) is 0 Å². The lowest BCUT2D eigenvalue weighted by Gasteiger charge is -2.10. The van der Waals surface area contributed by atoms with Crippen LogP contribution in [0.15, 0.2) is 66.7 Å². The number of nitrogens with zero attached hydrogens (tertiary/aromatic N) is 1. The quantitative estimate of drug-likeness (QED) is 0.229. The molecule has 5 heteroatoms.